The quantitative estimate of drug-likeness (QED) is 0.741. The zero-order valence-electron chi connectivity index (χ0n) is 8.91. The third-order valence-corrected chi connectivity index (χ3v) is 2.98. The summed E-state index contributed by atoms with van der Waals surface area (Å²) in [4.78, 5) is 32.4. The number of hydrogen-bond acceptors (Lipinski definition) is 3. The van der Waals surface area contributed by atoms with Gasteiger partial charge in [-0.1, -0.05) is 0 Å². The molecule has 16 heavy (non-hydrogen) atoms. The van der Waals surface area contributed by atoms with Crippen LogP contribution in [0.3, 0.4) is 0 Å². The van der Waals surface area contributed by atoms with Crippen LogP contribution in [0, 0.1) is 5.92 Å². The Labute approximate surface area is 90.3 Å². The number of imidazole rings is 1. The van der Waals surface area contributed by atoms with Crippen LogP contribution in [0.5, 0.6) is 0 Å². The molecule has 0 aromatic carbocycles. The Morgan fingerprint density at radius 3 is 2.81 bits per heavy atom. The maximum absolute atomic E-state index is 11.5. The minimum Gasteiger partial charge on any atom is -0.336 e. The van der Waals surface area contributed by atoms with Crippen molar-refractivity contribution in [3.63, 3.8) is 0 Å². The van der Waals surface area contributed by atoms with E-state index in [2.05, 4.69) is 15.0 Å². The molecule has 3 rings (SSSR count). The maximum atomic E-state index is 11.5. The van der Waals surface area contributed by atoms with Gasteiger partial charge in [0.05, 0.1) is 0 Å². The molecule has 0 spiro atoms. The molecule has 0 radical (unpaired) electrons. The number of fused-ring (bicyclic) bond motifs is 1. The minimum absolute atomic E-state index is 0.387. The van der Waals surface area contributed by atoms with Gasteiger partial charge in [0.2, 0.25) is 0 Å². The van der Waals surface area contributed by atoms with E-state index in [4.69, 9.17) is 0 Å². The van der Waals surface area contributed by atoms with E-state index >= 15 is 0 Å². The van der Waals surface area contributed by atoms with Crippen LogP contribution in [0.15, 0.2) is 9.59 Å². The van der Waals surface area contributed by atoms with E-state index < -0.39 is 11.2 Å². The predicted molar refractivity (Wildman–Crippen MR) is 58.4 cm³/mol. The summed E-state index contributed by atoms with van der Waals surface area (Å²) in [7, 11) is 1.60. The van der Waals surface area contributed by atoms with Crippen molar-refractivity contribution in [3.05, 3.63) is 26.7 Å². The molecule has 0 saturated heterocycles. The second-order valence-corrected chi connectivity index (χ2v) is 4.35. The van der Waals surface area contributed by atoms with Crippen LogP contribution >= 0.6 is 0 Å². The first-order chi connectivity index (χ1) is 7.65. The number of aromatic nitrogens is 4. The first-order valence-corrected chi connectivity index (χ1v) is 5.33. The van der Waals surface area contributed by atoms with Gasteiger partial charge in [-0.25, -0.2) is 9.78 Å². The van der Waals surface area contributed by atoms with Crippen molar-refractivity contribution in [2.75, 3.05) is 0 Å². The van der Waals surface area contributed by atoms with Crippen molar-refractivity contribution in [1.29, 1.82) is 0 Å². The molecule has 0 bridgehead atoms. The highest BCUT2D eigenvalue weighted by Gasteiger charge is 2.23. The molecule has 0 unspecified atom stereocenters. The Kier molecular flexibility index (Phi) is 1.80. The molecule has 1 fully saturated rings. The van der Waals surface area contributed by atoms with Crippen molar-refractivity contribution in [2.45, 2.75) is 19.3 Å². The number of nitrogens with zero attached hydrogens (tertiary/aromatic N) is 2. The largest absolute Gasteiger partial charge is 0.336 e. The Bertz CT molecular complexity index is 659. The highest BCUT2D eigenvalue weighted by molar-refractivity contribution is 5.69. The fourth-order valence-electron chi connectivity index (χ4n) is 1.84. The van der Waals surface area contributed by atoms with E-state index in [-0.39, 0.29) is 0 Å². The third kappa shape index (κ3) is 1.37. The fourth-order valence-corrected chi connectivity index (χ4v) is 1.84. The molecule has 2 heterocycles. The highest BCUT2D eigenvalue weighted by Crippen LogP contribution is 2.31. The molecule has 2 N–H and O–H groups in total. The Morgan fingerprint density at radius 2 is 2.12 bits per heavy atom. The first-order valence-electron chi connectivity index (χ1n) is 5.33. The smallest absolute Gasteiger partial charge is 0.329 e. The lowest BCUT2D eigenvalue weighted by atomic mass is 10.3. The number of aryl methyl sites for hydroxylation is 1. The van der Waals surface area contributed by atoms with Crippen LogP contribution in [0.4, 0.5) is 0 Å². The molecule has 1 aliphatic carbocycles. The van der Waals surface area contributed by atoms with Gasteiger partial charge >= 0.3 is 5.69 Å². The zero-order chi connectivity index (χ0) is 11.3. The second kappa shape index (κ2) is 3.07. The van der Waals surface area contributed by atoms with E-state index in [1.165, 1.54) is 17.4 Å². The van der Waals surface area contributed by atoms with Crippen LogP contribution in [0.25, 0.3) is 11.2 Å². The average Bonchev–Trinajstić information content (AvgIpc) is 2.92. The molecule has 0 aliphatic heterocycles. The van der Waals surface area contributed by atoms with Gasteiger partial charge in [0.25, 0.3) is 5.56 Å². The van der Waals surface area contributed by atoms with Gasteiger partial charge in [-0.05, 0) is 18.8 Å². The molecule has 1 saturated carbocycles. The van der Waals surface area contributed by atoms with Gasteiger partial charge in [-0.3, -0.25) is 14.3 Å². The van der Waals surface area contributed by atoms with Gasteiger partial charge in [0.15, 0.2) is 5.65 Å². The minimum atomic E-state index is -0.429. The van der Waals surface area contributed by atoms with Gasteiger partial charge in [0.1, 0.15) is 11.3 Å². The molecular formula is C10H12N4O2. The maximum Gasteiger partial charge on any atom is 0.329 e. The SMILES string of the molecule is Cn1c(=O)[nH]c(=O)c2[nH]c(CC3CC3)nc21. The van der Waals surface area contributed by atoms with E-state index in [0.29, 0.717) is 17.1 Å². The lowest BCUT2D eigenvalue weighted by molar-refractivity contribution is 0.782. The first kappa shape index (κ1) is 9.38. The molecule has 2 aromatic heterocycles. The summed E-state index contributed by atoms with van der Waals surface area (Å²) in [6.45, 7) is 0. The molecule has 2 aromatic rings. The van der Waals surface area contributed by atoms with Gasteiger partial charge in [0, 0.05) is 13.5 Å². The van der Waals surface area contributed by atoms with Gasteiger partial charge in [-0.15, -0.1) is 0 Å². The van der Waals surface area contributed by atoms with Crippen LogP contribution in [0.1, 0.15) is 18.7 Å². The molecule has 6 nitrogen and oxygen atoms in total. The topological polar surface area (TPSA) is 83.5 Å². The summed E-state index contributed by atoms with van der Waals surface area (Å²) in [6.07, 6.45) is 3.32. The van der Waals surface area contributed by atoms with E-state index in [1.807, 2.05) is 0 Å². The van der Waals surface area contributed by atoms with E-state index in [0.717, 1.165) is 12.2 Å². The number of nitrogens with one attached hydrogen (secondary N) is 2. The summed E-state index contributed by atoms with van der Waals surface area (Å²) < 4.78 is 1.35. The number of aromatic amines is 2. The number of hydrogen-bond donors (Lipinski definition) is 2. The highest BCUT2D eigenvalue weighted by atomic mass is 16.2. The average molecular weight is 220 g/mol. The van der Waals surface area contributed by atoms with Gasteiger partial charge < -0.3 is 4.98 Å². The zero-order valence-corrected chi connectivity index (χ0v) is 8.91. The molecule has 84 valence electrons. The Balaban J connectivity index is 2.22. The van der Waals surface area contributed by atoms with Crippen molar-refractivity contribution in [1.82, 2.24) is 19.5 Å². The molecular weight excluding hydrogens is 208 g/mol. The van der Waals surface area contributed by atoms with Crippen molar-refractivity contribution in [2.24, 2.45) is 13.0 Å². The van der Waals surface area contributed by atoms with Crippen LogP contribution < -0.4 is 11.2 Å². The number of rotatable bonds is 2. The Morgan fingerprint density at radius 1 is 1.38 bits per heavy atom. The van der Waals surface area contributed by atoms with Crippen LogP contribution in [0.2, 0.25) is 0 Å². The summed E-state index contributed by atoms with van der Waals surface area (Å²) in [5.74, 6) is 1.49. The summed E-state index contributed by atoms with van der Waals surface area (Å²) in [5.41, 5.74) is -0.00299. The van der Waals surface area contributed by atoms with Gasteiger partial charge in [-0.2, -0.15) is 0 Å². The Hall–Kier alpha value is -1.85. The van der Waals surface area contributed by atoms with Crippen molar-refractivity contribution < 1.29 is 0 Å². The van der Waals surface area contributed by atoms with E-state index in [9.17, 15) is 9.59 Å². The van der Waals surface area contributed by atoms with Crippen LogP contribution in [-0.2, 0) is 13.5 Å². The summed E-state index contributed by atoms with van der Waals surface area (Å²) in [5, 5.41) is 0. The molecule has 0 amide bonds. The third-order valence-electron chi connectivity index (χ3n) is 2.98. The van der Waals surface area contributed by atoms with E-state index in [1.54, 1.807) is 7.05 Å². The second-order valence-electron chi connectivity index (χ2n) is 4.35. The summed E-state index contributed by atoms with van der Waals surface area (Å²) in [6, 6.07) is 0. The standard InChI is InChI=1S/C10H12N4O2/c1-14-8-7(9(15)13-10(14)16)11-6(12-8)4-5-2-3-5/h5H,2-4H2,1H3,(H,11,12)(H,13,15,16). The lowest BCUT2D eigenvalue weighted by Gasteiger charge is -1.94. The van der Waals surface area contributed by atoms with Crippen molar-refractivity contribution >= 4 is 11.2 Å². The lowest BCUT2D eigenvalue weighted by Crippen LogP contribution is -2.28. The van der Waals surface area contributed by atoms with Crippen molar-refractivity contribution in [3.8, 4) is 0 Å². The predicted octanol–water partition coefficient (Wildman–Crippen LogP) is -0.0976. The number of H-pyrrole nitrogens is 2. The monoisotopic (exact) mass is 220 g/mol. The normalized spacial score (nSPS) is 15.8. The molecule has 6 heteroatoms. The molecule has 0 atom stereocenters. The molecule has 1 aliphatic rings. The van der Waals surface area contributed by atoms with Crippen LogP contribution in [-0.4, -0.2) is 19.5 Å². The summed E-state index contributed by atoms with van der Waals surface area (Å²) >= 11 is 0. The fraction of sp³-hybridized carbons (Fsp3) is 0.500.